The number of fused-ring (bicyclic) bond motifs is 1. The Morgan fingerprint density at radius 3 is 2.52 bits per heavy atom. The number of ether oxygens (including phenoxy) is 1. The first kappa shape index (κ1) is 16.7. The van der Waals surface area contributed by atoms with Gasteiger partial charge in [0.25, 0.3) is 0 Å². The molecule has 0 aromatic carbocycles. The molecule has 0 saturated carbocycles. The van der Waals surface area contributed by atoms with Crippen LogP contribution in [0.5, 0.6) is 0 Å². The number of aryl methyl sites for hydroxylation is 1. The average Bonchev–Trinajstić information content (AvgIpc) is 3.10. The molecule has 2 fully saturated rings. The molecule has 8 nitrogen and oxygen atoms in total. The summed E-state index contributed by atoms with van der Waals surface area (Å²) < 4.78 is 13.0. The summed E-state index contributed by atoms with van der Waals surface area (Å²) in [5.41, 5.74) is 1.11. The van der Waals surface area contributed by atoms with Crippen molar-refractivity contribution in [3.05, 3.63) is 29.9 Å². The number of hydrogen-bond acceptors (Lipinski definition) is 7. The normalized spacial score (nSPS) is 18.7. The van der Waals surface area contributed by atoms with E-state index in [2.05, 4.69) is 46.5 Å². The topological polar surface area (TPSA) is 82.1 Å². The highest BCUT2D eigenvalue weighted by molar-refractivity contribution is 5.88. The smallest absolute Gasteiger partial charge is 0.236 e. The zero-order chi connectivity index (χ0) is 18.8. The zero-order valence-corrected chi connectivity index (χ0v) is 16.2. The monoisotopic (exact) mass is 368 g/mol. The van der Waals surface area contributed by atoms with E-state index >= 15 is 0 Å². The summed E-state index contributed by atoms with van der Waals surface area (Å²) in [6.45, 7) is 12.4. The molecule has 0 bridgehead atoms. The van der Waals surface area contributed by atoms with Crippen LogP contribution in [0.3, 0.4) is 0 Å². The number of nitrogens with zero attached hydrogens (tertiary/aromatic N) is 6. The molecule has 8 heteroatoms. The van der Waals surface area contributed by atoms with Gasteiger partial charge in [-0.1, -0.05) is 20.8 Å². The number of aromatic nitrogens is 5. The Hall–Kier alpha value is -2.48. The first-order valence-electron chi connectivity index (χ1n) is 9.32. The standard InChI is InChI=1S/C19H24N6O2/c1-12-22-23-14(27-12)7-24-6-5-13-15(24)20-17(18(2,3)4)21-16(13)25-8-19(9-25)10-26-11-19/h5-6H,7-11H2,1-4H3. The van der Waals surface area contributed by atoms with Gasteiger partial charge in [-0.25, -0.2) is 9.97 Å². The number of rotatable bonds is 3. The lowest BCUT2D eigenvalue weighted by atomic mass is 9.78. The molecule has 0 unspecified atom stereocenters. The maximum Gasteiger partial charge on any atom is 0.236 e. The minimum absolute atomic E-state index is 0.138. The van der Waals surface area contributed by atoms with Crippen LogP contribution in [-0.2, 0) is 16.7 Å². The van der Waals surface area contributed by atoms with E-state index in [4.69, 9.17) is 19.1 Å². The molecule has 142 valence electrons. The van der Waals surface area contributed by atoms with Gasteiger partial charge in [-0.05, 0) is 6.07 Å². The van der Waals surface area contributed by atoms with Gasteiger partial charge < -0.3 is 18.6 Å². The second kappa shape index (κ2) is 5.51. The maximum absolute atomic E-state index is 5.55. The fourth-order valence-corrected chi connectivity index (χ4v) is 3.79. The van der Waals surface area contributed by atoms with Crippen LogP contribution in [0.1, 0.15) is 38.4 Å². The van der Waals surface area contributed by atoms with E-state index in [9.17, 15) is 0 Å². The van der Waals surface area contributed by atoms with Crippen LogP contribution in [0, 0.1) is 12.3 Å². The molecular weight excluding hydrogens is 344 g/mol. The predicted molar refractivity (Wildman–Crippen MR) is 99.8 cm³/mol. The van der Waals surface area contributed by atoms with E-state index in [0.29, 0.717) is 23.7 Å². The van der Waals surface area contributed by atoms with Crippen LogP contribution in [0.4, 0.5) is 5.82 Å². The van der Waals surface area contributed by atoms with Crippen molar-refractivity contribution in [2.75, 3.05) is 31.2 Å². The van der Waals surface area contributed by atoms with Gasteiger partial charge in [0.05, 0.1) is 24.0 Å². The van der Waals surface area contributed by atoms with E-state index < -0.39 is 0 Å². The average molecular weight is 368 g/mol. The summed E-state index contributed by atoms with van der Waals surface area (Å²) in [5, 5.41) is 9.10. The van der Waals surface area contributed by atoms with Gasteiger partial charge in [-0.15, -0.1) is 10.2 Å². The highest BCUT2D eigenvalue weighted by Crippen LogP contribution is 2.42. The van der Waals surface area contributed by atoms with Gasteiger partial charge in [0.15, 0.2) is 0 Å². The largest absolute Gasteiger partial charge is 0.424 e. The molecule has 5 rings (SSSR count). The van der Waals surface area contributed by atoms with Crippen molar-refractivity contribution < 1.29 is 9.15 Å². The van der Waals surface area contributed by atoms with Crippen molar-refractivity contribution >= 4 is 16.9 Å². The highest BCUT2D eigenvalue weighted by Gasteiger charge is 2.50. The lowest BCUT2D eigenvalue weighted by Crippen LogP contribution is -2.66. The predicted octanol–water partition coefficient (Wildman–Crippen LogP) is 2.31. The Morgan fingerprint density at radius 2 is 1.93 bits per heavy atom. The van der Waals surface area contributed by atoms with Crippen LogP contribution < -0.4 is 4.90 Å². The van der Waals surface area contributed by atoms with E-state index in [1.54, 1.807) is 6.92 Å². The molecule has 0 aliphatic carbocycles. The van der Waals surface area contributed by atoms with Crippen LogP contribution >= 0.6 is 0 Å². The summed E-state index contributed by atoms with van der Waals surface area (Å²) >= 11 is 0. The number of hydrogen-bond donors (Lipinski definition) is 0. The Kier molecular flexibility index (Phi) is 3.40. The fraction of sp³-hybridized carbons (Fsp3) is 0.579. The summed E-state index contributed by atoms with van der Waals surface area (Å²) in [5.74, 6) is 3.01. The van der Waals surface area contributed by atoms with E-state index in [-0.39, 0.29) is 5.41 Å². The van der Waals surface area contributed by atoms with Crippen molar-refractivity contribution in [2.45, 2.75) is 39.7 Å². The summed E-state index contributed by atoms with van der Waals surface area (Å²) in [6, 6.07) is 2.09. The maximum atomic E-state index is 5.55. The molecule has 1 spiro atoms. The molecule has 2 aliphatic heterocycles. The summed E-state index contributed by atoms with van der Waals surface area (Å²) in [4.78, 5) is 12.2. The number of anilines is 1. The van der Waals surface area contributed by atoms with Crippen LogP contribution in [-0.4, -0.2) is 51.0 Å². The first-order valence-corrected chi connectivity index (χ1v) is 9.32. The van der Waals surface area contributed by atoms with Crippen molar-refractivity contribution in [3.63, 3.8) is 0 Å². The molecular formula is C19H24N6O2. The van der Waals surface area contributed by atoms with Crippen LogP contribution in [0.15, 0.2) is 16.7 Å². The van der Waals surface area contributed by atoms with Gasteiger partial charge in [-0.2, -0.15) is 0 Å². The van der Waals surface area contributed by atoms with Gasteiger partial charge >= 0.3 is 0 Å². The van der Waals surface area contributed by atoms with E-state index in [1.165, 1.54) is 0 Å². The Morgan fingerprint density at radius 1 is 1.15 bits per heavy atom. The molecule has 27 heavy (non-hydrogen) atoms. The molecule has 2 saturated heterocycles. The van der Waals surface area contributed by atoms with Crippen molar-refractivity contribution in [1.29, 1.82) is 0 Å². The SMILES string of the molecule is Cc1nnc(Cn2ccc3c(N4CC5(COC5)C4)nc(C(C)(C)C)nc32)o1. The molecule has 3 aromatic heterocycles. The lowest BCUT2D eigenvalue weighted by molar-refractivity contribution is -0.127. The first-order chi connectivity index (χ1) is 12.8. The van der Waals surface area contributed by atoms with Crippen LogP contribution in [0.2, 0.25) is 0 Å². The second-order valence-electron chi connectivity index (χ2n) is 8.87. The highest BCUT2D eigenvalue weighted by atomic mass is 16.5. The molecule has 3 aromatic rings. The van der Waals surface area contributed by atoms with Gasteiger partial charge in [-0.3, -0.25) is 0 Å². The lowest BCUT2D eigenvalue weighted by Gasteiger charge is -2.55. The minimum Gasteiger partial charge on any atom is -0.424 e. The van der Waals surface area contributed by atoms with Gasteiger partial charge in [0.2, 0.25) is 11.8 Å². The van der Waals surface area contributed by atoms with Crippen molar-refractivity contribution in [2.24, 2.45) is 5.41 Å². The minimum atomic E-state index is -0.138. The Bertz CT molecular complexity index is 1000. The quantitative estimate of drug-likeness (QED) is 0.701. The van der Waals surface area contributed by atoms with Crippen molar-refractivity contribution in [3.8, 4) is 0 Å². The Balaban J connectivity index is 1.57. The fourth-order valence-electron chi connectivity index (χ4n) is 3.79. The van der Waals surface area contributed by atoms with Crippen LogP contribution in [0.25, 0.3) is 11.0 Å². The summed E-state index contributed by atoms with van der Waals surface area (Å²) in [6.07, 6.45) is 2.02. The molecule has 0 atom stereocenters. The van der Waals surface area contributed by atoms with E-state index in [0.717, 1.165) is 49.0 Å². The molecule has 2 aliphatic rings. The van der Waals surface area contributed by atoms with E-state index in [1.807, 2.05) is 6.20 Å². The third-order valence-corrected chi connectivity index (χ3v) is 5.31. The molecule has 0 N–H and O–H groups in total. The Labute approximate surface area is 157 Å². The zero-order valence-electron chi connectivity index (χ0n) is 16.2. The summed E-state index contributed by atoms with van der Waals surface area (Å²) in [7, 11) is 0. The molecule has 5 heterocycles. The third kappa shape index (κ3) is 2.70. The third-order valence-electron chi connectivity index (χ3n) is 5.31. The molecule has 0 amide bonds. The van der Waals surface area contributed by atoms with Gasteiger partial charge in [0, 0.05) is 31.6 Å². The van der Waals surface area contributed by atoms with Crippen molar-refractivity contribution in [1.82, 2.24) is 24.7 Å². The molecule has 0 radical (unpaired) electrons. The van der Waals surface area contributed by atoms with Gasteiger partial charge in [0.1, 0.15) is 23.8 Å². The second-order valence-corrected chi connectivity index (χ2v) is 8.87.